The highest BCUT2D eigenvalue weighted by Crippen LogP contribution is 2.32. The van der Waals surface area contributed by atoms with Gasteiger partial charge in [-0.25, -0.2) is 8.42 Å². The van der Waals surface area contributed by atoms with Crippen LogP contribution in [0.25, 0.3) is 0 Å². The van der Waals surface area contributed by atoms with Gasteiger partial charge in [0.25, 0.3) is 0 Å². The first kappa shape index (κ1) is 17.7. The van der Waals surface area contributed by atoms with E-state index < -0.39 is 9.84 Å². The molecule has 5 heteroatoms. The molecule has 1 N–H and O–H groups in total. The molecule has 1 aliphatic rings. The summed E-state index contributed by atoms with van der Waals surface area (Å²) in [5, 5.41) is 4.24. The zero-order valence-corrected chi connectivity index (χ0v) is 15.0. The summed E-state index contributed by atoms with van der Waals surface area (Å²) in [7, 11) is -3.12. The van der Waals surface area contributed by atoms with E-state index in [1.807, 2.05) is 18.2 Å². The van der Waals surface area contributed by atoms with Gasteiger partial charge in [-0.05, 0) is 23.0 Å². The Hall–Kier alpha value is -1.62. The quantitative estimate of drug-likeness (QED) is 0.889. The van der Waals surface area contributed by atoms with Gasteiger partial charge >= 0.3 is 0 Å². The van der Waals surface area contributed by atoms with E-state index in [0.29, 0.717) is 11.8 Å². The number of benzene rings is 1. The molecule has 1 aromatic rings. The van der Waals surface area contributed by atoms with Gasteiger partial charge in [0.1, 0.15) is 0 Å². The van der Waals surface area contributed by atoms with Crippen molar-refractivity contribution in [1.82, 2.24) is 0 Å². The highest BCUT2D eigenvalue weighted by Gasteiger charge is 2.24. The van der Waals surface area contributed by atoms with Crippen molar-refractivity contribution in [3.63, 3.8) is 0 Å². The van der Waals surface area contributed by atoms with Crippen molar-refractivity contribution in [2.24, 2.45) is 5.92 Å². The number of carbonyl (C=O) groups is 1. The van der Waals surface area contributed by atoms with E-state index in [4.69, 9.17) is 0 Å². The molecule has 0 spiro atoms. The fourth-order valence-electron chi connectivity index (χ4n) is 2.89. The third kappa shape index (κ3) is 4.44. The molecule has 0 fully saturated rings. The Balaban J connectivity index is 2.19. The molecule has 1 atom stereocenters. The number of amides is 1. The molecule has 0 saturated carbocycles. The maximum absolute atomic E-state index is 12.4. The number of rotatable bonds is 5. The molecule has 0 aromatic heterocycles. The van der Waals surface area contributed by atoms with Crippen LogP contribution in [0.1, 0.15) is 57.1 Å². The van der Waals surface area contributed by atoms with Crippen LogP contribution in [-0.4, -0.2) is 20.1 Å². The van der Waals surface area contributed by atoms with Crippen LogP contribution in [0.15, 0.2) is 29.7 Å². The molecule has 0 aliphatic carbocycles. The van der Waals surface area contributed by atoms with Crippen LogP contribution in [0.3, 0.4) is 0 Å². The lowest BCUT2D eigenvalue weighted by Crippen LogP contribution is -2.19. The van der Waals surface area contributed by atoms with Gasteiger partial charge in [0.2, 0.25) is 5.91 Å². The Kier molecular flexibility index (Phi) is 5.30. The molecule has 0 radical (unpaired) electrons. The minimum absolute atomic E-state index is 0.0310. The lowest BCUT2D eigenvalue weighted by molar-refractivity contribution is -0.116. The van der Waals surface area contributed by atoms with Crippen molar-refractivity contribution >= 4 is 21.4 Å². The number of para-hydroxylation sites is 1. The van der Waals surface area contributed by atoms with E-state index in [-0.39, 0.29) is 24.0 Å². The summed E-state index contributed by atoms with van der Waals surface area (Å²) in [6.07, 6.45) is 1.81. The van der Waals surface area contributed by atoms with Gasteiger partial charge in [-0.2, -0.15) is 0 Å². The summed E-state index contributed by atoms with van der Waals surface area (Å²) in [4.78, 5) is 12.4. The SMILES string of the molecule is CC(C)c1cccc(C(C)C)c1NC(=O)CC1C=CS(=O)(=O)C1. The fourth-order valence-corrected chi connectivity index (χ4v) is 4.29. The Morgan fingerprint density at radius 1 is 1.17 bits per heavy atom. The van der Waals surface area contributed by atoms with Crippen molar-refractivity contribution in [3.05, 3.63) is 40.8 Å². The molecule has 1 amide bonds. The highest BCUT2D eigenvalue weighted by molar-refractivity contribution is 7.94. The lowest BCUT2D eigenvalue weighted by Gasteiger charge is -2.20. The topological polar surface area (TPSA) is 63.2 Å². The Labute approximate surface area is 138 Å². The van der Waals surface area contributed by atoms with Crippen molar-refractivity contribution in [3.8, 4) is 0 Å². The van der Waals surface area contributed by atoms with Gasteiger partial charge in [-0.3, -0.25) is 4.79 Å². The van der Waals surface area contributed by atoms with Crippen molar-refractivity contribution < 1.29 is 13.2 Å². The van der Waals surface area contributed by atoms with E-state index in [9.17, 15) is 13.2 Å². The number of carbonyl (C=O) groups excluding carboxylic acids is 1. The Morgan fingerprint density at radius 3 is 2.17 bits per heavy atom. The largest absolute Gasteiger partial charge is 0.326 e. The second-order valence-electron chi connectivity index (χ2n) is 6.79. The summed E-state index contributed by atoms with van der Waals surface area (Å²) in [6.45, 7) is 8.39. The van der Waals surface area contributed by atoms with Crippen LogP contribution in [0, 0.1) is 5.92 Å². The Morgan fingerprint density at radius 2 is 1.74 bits per heavy atom. The van der Waals surface area contributed by atoms with Crippen molar-refractivity contribution in [2.75, 3.05) is 11.1 Å². The molecule has 0 saturated heterocycles. The first-order valence-corrected chi connectivity index (χ1v) is 9.74. The first-order chi connectivity index (χ1) is 10.7. The number of hydrogen-bond acceptors (Lipinski definition) is 3. The number of anilines is 1. The maximum atomic E-state index is 12.4. The molecule has 4 nitrogen and oxygen atoms in total. The zero-order chi connectivity index (χ0) is 17.2. The van der Waals surface area contributed by atoms with Gasteiger partial charge in [-0.1, -0.05) is 52.0 Å². The molecule has 1 unspecified atom stereocenters. The molecular formula is C18H25NO3S. The summed E-state index contributed by atoms with van der Waals surface area (Å²) in [5.74, 6) is 0.274. The monoisotopic (exact) mass is 335 g/mol. The highest BCUT2D eigenvalue weighted by atomic mass is 32.2. The number of nitrogens with one attached hydrogen (secondary N) is 1. The second kappa shape index (κ2) is 6.87. The predicted molar refractivity (Wildman–Crippen MR) is 94.3 cm³/mol. The fraction of sp³-hybridized carbons (Fsp3) is 0.500. The molecule has 1 heterocycles. The van der Waals surface area contributed by atoms with E-state index in [1.54, 1.807) is 6.08 Å². The minimum atomic E-state index is -3.12. The summed E-state index contributed by atoms with van der Waals surface area (Å²) in [5.41, 5.74) is 3.10. The average Bonchev–Trinajstić information content (AvgIpc) is 2.77. The number of sulfone groups is 1. The van der Waals surface area contributed by atoms with Gasteiger partial charge in [0.05, 0.1) is 5.75 Å². The smallest absolute Gasteiger partial charge is 0.225 e. The number of allylic oxidation sites excluding steroid dienone is 1. The molecule has 1 aliphatic heterocycles. The summed E-state index contributed by atoms with van der Waals surface area (Å²) in [6, 6.07) is 6.09. The van der Waals surface area contributed by atoms with E-state index in [2.05, 4.69) is 33.0 Å². The molecule has 0 bridgehead atoms. The predicted octanol–water partition coefficient (Wildman–Crippen LogP) is 3.82. The van der Waals surface area contributed by atoms with E-state index >= 15 is 0 Å². The summed E-state index contributed by atoms with van der Waals surface area (Å²) < 4.78 is 22.9. The first-order valence-electron chi connectivity index (χ1n) is 8.03. The molecule has 23 heavy (non-hydrogen) atoms. The second-order valence-corrected chi connectivity index (χ2v) is 8.72. The van der Waals surface area contributed by atoms with Crippen LogP contribution in [-0.2, 0) is 14.6 Å². The third-order valence-corrected chi connectivity index (χ3v) is 5.55. The third-order valence-electron chi connectivity index (χ3n) is 4.09. The van der Waals surface area contributed by atoms with Gasteiger partial charge < -0.3 is 5.32 Å². The zero-order valence-electron chi connectivity index (χ0n) is 14.2. The van der Waals surface area contributed by atoms with Crippen molar-refractivity contribution in [1.29, 1.82) is 0 Å². The van der Waals surface area contributed by atoms with Gasteiger partial charge in [0.15, 0.2) is 9.84 Å². The normalized spacial score (nSPS) is 19.5. The average molecular weight is 335 g/mol. The maximum Gasteiger partial charge on any atom is 0.225 e. The number of hydrogen-bond donors (Lipinski definition) is 1. The van der Waals surface area contributed by atoms with Crippen molar-refractivity contribution in [2.45, 2.75) is 46.0 Å². The van der Waals surface area contributed by atoms with Gasteiger partial charge in [0, 0.05) is 23.4 Å². The molecule has 1 aromatic carbocycles. The molecule has 2 rings (SSSR count). The van der Waals surface area contributed by atoms with E-state index in [0.717, 1.165) is 16.8 Å². The van der Waals surface area contributed by atoms with Crippen LogP contribution >= 0.6 is 0 Å². The van der Waals surface area contributed by atoms with Crippen LogP contribution < -0.4 is 5.32 Å². The molecular weight excluding hydrogens is 310 g/mol. The van der Waals surface area contributed by atoms with Crippen LogP contribution in [0.5, 0.6) is 0 Å². The van der Waals surface area contributed by atoms with E-state index in [1.165, 1.54) is 5.41 Å². The van der Waals surface area contributed by atoms with Crippen LogP contribution in [0.2, 0.25) is 0 Å². The van der Waals surface area contributed by atoms with Crippen LogP contribution in [0.4, 0.5) is 5.69 Å². The summed E-state index contributed by atoms with van der Waals surface area (Å²) >= 11 is 0. The Bertz CT molecular complexity index is 692. The minimum Gasteiger partial charge on any atom is -0.326 e. The lowest BCUT2D eigenvalue weighted by atomic mass is 9.92. The van der Waals surface area contributed by atoms with Gasteiger partial charge in [-0.15, -0.1) is 0 Å². The standard InChI is InChI=1S/C18H25NO3S/c1-12(2)15-6-5-7-16(13(3)4)18(15)19-17(20)10-14-8-9-23(21,22)11-14/h5-9,12-14H,10-11H2,1-4H3,(H,19,20). The molecule has 126 valence electrons.